The summed E-state index contributed by atoms with van der Waals surface area (Å²) in [5.74, 6) is -0.987. The third kappa shape index (κ3) is 4.37. The van der Waals surface area contributed by atoms with Crippen LogP contribution in [0.15, 0.2) is 48.0 Å². The molecule has 126 valence electrons. The molecule has 0 aliphatic carbocycles. The molecule has 0 atom stereocenters. The Labute approximate surface area is 151 Å². The molecule has 4 heteroatoms. The molecule has 3 nitrogen and oxygen atoms in total. The van der Waals surface area contributed by atoms with E-state index in [0.29, 0.717) is 10.6 Å². The van der Waals surface area contributed by atoms with Gasteiger partial charge >= 0.3 is 5.97 Å². The summed E-state index contributed by atoms with van der Waals surface area (Å²) in [7, 11) is 0. The molecule has 1 N–H and O–H groups in total. The fourth-order valence-corrected chi connectivity index (χ4v) is 2.67. The number of aromatic carboxylic acids is 1. The summed E-state index contributed by atoms with van der Waals surface area (Å²) in [5.41, 5.74) is 3.36. The van der Waals surface area contributed by atoms with Crippen LogP contribution < -0.4 is 10.4 Å². The molecule has 0 unspecified atom stereocenters. The van der Waals surface area contributed by atoms with Gasteiger partial charge in [0.15, 0.2) is 0 Å². The van der Waals surface area contributed by atoms with Crippen LogP contribution in [0.4, 0.5) is 0 Å². The minimum absolute atomic E-state index is 0.205. The zero-order valence-corrected chi connectivity index (χ0v) is 15.1. The van der Waals surface area contributed by atoms with Gasteiger partial charge in [0.25, 0.3) is 0 Å². The van der Waals surface area contributed by atoms with Gasteiger partial charge in [-0.05, 0) is 66.6 Å². The van der Waals surface area contributed by atoms with E-state index in [2.05, 4.69) is 6.07 Å². The third-order valence-corrected chi connectivity index (χ3v) is 4.04. The highest BCUT2D eigenvalue weighted by Gasteiger charge is 2.08. The van der Waals surface area contributed by atoms with Gasteiger partial charge in [0.2, 0.25) is 0 Å². The summed E-state index contributed by atoms with van der Waals surface area (Å²) in [6.45, 7) is 5.86. The van der Waals surface area contributed by atoms with Gasteiger partial charge in [0.1, 0.15) is 0 Å². The lowest BCUT2D eigenvalue weighted by molar-refractivity contribution is 0.0696. The monoisotopic (exact) mass is 351 g/mol. The Kier molecular flexibility index (Phi) is 5.80. The Morgan fingerprint density at radius 1 is 1.16 bits per heavy atom. The van der Waals surface area contributed by atoms with E-state index in [1.54, 1.807) is 36.4 Å². The Bertz CT molecular complexity index is 1020. The lowest BCUT2D eigenvalue weighted by Crippen LogP contribution is -2.28. The first kappa shape index (κ1) is 18.5. The van der Waals surface area contributed by atoms with Crippen molar-refractivity contribution >= 4 is 29.2 Å². The van der Waals surface area contributed by atoms with Crippen LogP contribution in [0.5, 0.6) is 0 Å². The Morgan fingerprint density at radius 3 is 2.48 bits per heavy atom. The van der Waals surface area contributed by atoms with Gasteiger partial charge in [0.05, 0.1) is 17.2 Å². The highest BCUT2D eigenvalue weighted by molar-refractivity contribution is 6.30. The normalized spacial score (nSPS) is 12.4. The van der Waals surface area contributed by atoms with Crippen molar-refractivity contribution in [3.8, 4) is 6.07 Å². The number of carboxylic acid groups (broad SMARTS) is 1. The van der Waals surface area contributed by atoms with E-state index in [1.807, 2.05) is 32.9 Å². The number of carboxylic acids is 1. The van der Waals surface area contributed by atoms with Crippen LogP contribution in [-0.2, 0) is 0 Å². The molecule has 0 fully saturated rings. The Balaban J connectivity index is 2.91. The summed E-state index contributed by atoms with van der Waals surface area (Å²) in [6, 6.07) is 12.3. The molecule has 0 radical (unpaired) electrons. The number of nitrogens with zero attached hydrogens (tertiary/aromatic N) is 1. The predicted molar refractivity (Wildman–Crippen MR) is 101 cm³/mol. The molecule has 0 aliphatic rings. The van der Waals surface area contributed by atoms with Gasteiger partial charge in [0, 0.05) is 5.02 Å². The average molecular weight is 352 g/mol. The number of carbonyl (C=O) groups is 1. The van der Waals surface area contributed by atoms with Crippen LogP contribution in [0.3, 0.4) is 0 Å². The molecular weight excluding hydrogens is 334 g/mol. The van der Waals surface area contributed by atoms with Gasteiger partial charge in [-0.2, -0.15) is 5.26 Å². The molecule has 0 spiro atoms. The number of allylic oxidation sites excluding steroid dienone is 2. The average Bonchev–Trinajstić information content (AvgIpc) is 2.58. The molecule has 0 aliphatic heterocycles. The SMILES string of the molecule is CC(C)=C/C=c1/ccc(C(=O)O)c/c1=C(/C)c1ccc(Cl)cc1C#N. The smallest absolute Gasteiger partial charge is 0.335 e. The van der Waals surface area contributed by atoms with Gasteiger partial charge in [-0.15, -0.1) is 0 Å². The van der Waals surface area contributed by atoms with Crippen LogP contribution in [0, 0.1) is 11.3 Å². The molecule has 25 heavy (non-hydrogen) atoms. The number of benzene rings is 2. The molecule has 0 heterocycles. The predicted octanol–water partition coefficient (Wildman–Crippen LogP) is 3.88. The van der Waals surface area contributed by atoms with E-state index in [0.717, 1.165) is 27.1 Å². The van der Waals surface area contributed by atoms with E-state index >= 15 is 0 Å². The number of halogens is 1. The molecule has 0 aromatic heterocycles. The first-order chi connectivity index (χ1) is 11.8. The molecule has 0 bridgehead atoms. The Morgan fingerprint density at radius 2 is 1.88 bits per heavy atom. The van der Waals surface area contributed by atoms with Crippen molar-refractivity contribution in [1.82, 2.24) is 0 Å². The molecule has 2 aromatic rings. The zero-order valence-electron chi connectivity index (χ0n) is 14.3. The highest BCUT2D eigenvalue weighted by Crippen LogP contribution is 2.20. The second-order valence-corrected chi connectivity index (χ2v) is 6.38. The molecule has 0 saturated carbocycles. The number of hydrogen-bond donors (Lipinski definition) is 1. The minimum Gasteiger partial charge on any atom is -0.478 e. The molecular formula is C21H18ClNO2. The maximum absolute atomic E-state index is 11.4. The van der Waals surface area contributed by atoms with E-state index in [4.69, 9.17) is 11.6 Å². The summed E-state index contributed by atoms with van der Waals surface area (Å²) in [6.07, 6.45) is 3.92. The number of hydrogen-bond acceptors (Lipinski definition) is 2. The summed E-state index contributed by atoms with van der Waals surface area (Å²) < 4.78 is 0. The van der Waals surface area contributed by atoms with Gasteiger partial charge in [-0.1, -0.05) is 41.5 Å². The first-order valence-corrected chi connectivity index (χ1v) is 8.11. The van der Waals surface area contributed by atoms with Crippen molar-refractivity contribution < 1.29 is 9.90 Å². The highest BCUT2D eigenvalue weighted by atomic mass is 35.5. The van der Waals surface area contributed by atoms with Gasteiger partial charge in [-0.25, -0.2) is 4.79 Å². The van der Waals surface area contributed by atoms with Crippen LogP contribution in [0.2, 0.25) is 5.02 Å². The second kappa shape index (κ2) is 7.83. The third-order valence-electron chi connectivity index (χ3n) is 3.81. The maximum atomic E-state index is 11.4. The van der Waals surface area contributed by atoms with Crippen LogP contribution >= 0.6 is 11.6 Å². The zero-order chi connectivity index (χ0) is 18.6. The Hall–Kier alpha value is -2.83. The standard InChI is InChI=1S/C21H18ClNO2/c1-13(2)4-5-15-6-7-16(21(24)25)11-20(15)14(3)19-9-8-18(22)10-17(19)12-23/h4-11H,1-3H3,(H,24,25)/b15-5-,20-14+. The minimum atomic E-state index is -0.987. The maximum Gasteiger partial charge on any atom is 0.335 e. The molecule has 0 saturated heterocycles. The second-order valence-electron chi connectivity index (χ2n) is 5.94. The van der Waals surface area contributed by atoms with Crippen molar-refractivity contribution in [2.24, 2.45) is 0 Å². The molecule has 2 aromatic carbocycles. The van der Waals surface area contributed by atoms with E-state index in [9.17, 15) is 15.2 Å². The lowest BCUT2D eigenvalue weighted by atomic mass is 9.97. The van der Waals surface area contributed by atoms with Crippen LogP contribution in [0.25, 0.3) is 11.6 Å². The van der Waals surface area contributed by atoms with Crippen molar-refractivity contribution in [3.63, 3.8) is 0 Å². The fourth-order valence-electron chi connectivity index (χ4n) is 2.50. The molecule has 0 amide bonds. The fraction of sp³-hybridized carbons (Fsp3) is 0.143. The van der Waals surface area contributed by atoms with Crippen molar-refractivity contribution in [3.05, 3.63) is 80.2 Å². The van der Waals surface area contributed by atoms with E-state index < -0.39 is 5.97 Å². The van der Waals surface area contributed by atoms with E-state index in [1.165, 1.54) is 0 Å². The van der Waals surface area contributed by atoms with Gasteiger partial charge < -0.3 is 5.11 Å². The first-order valence-electron chi connectivity index (χ1n) is 7.73. The summed E-state index contributed by atoms with van der Waals surface area (Å²) in [4.78, 5) is 11.4. The quantitative estimate of drug-likeness (QED) is 0.912. The van der Waals surface area contributed by atoms with E-state index in [-0.39, 0.29) is 5.56 Å². The largest absolute Gasteiger partial charge is 0.478 e. The topological polar surface area (TPSA) is 61.1 Å². The van der Waals surface area contributed by atoms with Crippen molar-refractivity contribution in [1.29, 1.82) is 5.26 Å². The van der Waals surface area contributed by atoms with Crippen molar-refractivity contribution in [2.75, 3.05) is 0 Å². The van der Waals surface area contributed by atoms with Crippen molar-refractivity contribution in [2.45, 2.75) is 20.8 Å². The summed E-state index contributed by atoms with van der Waals surface area (Å²) >= 11 is 5.98. The lowest BCUT2D eigenvalue weighted by Gasteiger charge is -2.07. The number of rotatable bonds is 3. The molecule has 2 rings (SSSR count). The van der Waals surface area contributed by atoms with Crippen LogP contribution in [0.1, 0.15) is 42.3 Å². The van der Waals surface area contributed by atoms with Gasteiger partial charge in [-0.3, -0.25) is 0 Å². The van der Waals surface area contributed by atoms with Crippen LogP contribution in [-0.4, -0.2) is 11.1 Å². The number of nitriles is 1. The summed E-state index contributed by atoms with van der Waals surface area (Å²) in [5, 5.41) is 20.9.